The lowest BCUT2D eigenvalue weighted by Crippen LogP contribution is -2.27. The molecule has 0 radical (unpaired) electrons. The molecule has 3 atom stereocenters. The minimum Gasteiger partial charge on any atom is -0.875 e. The molecule has 3 aromatic rings. The number of phenols is 2. The summed E-state index contributed by atoms with van der Waals surface area (Å²) in [7, 11) is 0. The van der Waals surface area contributed by atoms with Gasteiger partial charge in [0.1, 0.15) is 11.9 Å². The van der Waals surface area contributed by atoms with E-state index < -0.39 is 12.1 Å². The van der Waals surface area contributed by atoms with E-state index in [0.717, 1.165) is 65.5 Å². The average Bonchev–Trinajstić information content (AvgIpc) is 3.63. The van der Waals surface area contributed by atoms with E-state index in [-0.39, 0.29) is 42.2 Å². The zero-order valence-electron chi connectivity index (χ0n) is 30.7. The summed E-state index contributed by atoms with van der Waals surface area (Å²) in [4.78, 5) is 16.9. The van der Waals surface area contributed by atoms with Crippen molar-refractivity contribution in [2.75, 3.05) is 6.61 Å². The number of carbonyl (C=O) groups is 1. The van der Waals surface area contributed by atoms with Gasteiger partial charge >= 0.3 is 0 Å². The number of aliphatic imine (C=N–C) groups is 1. The Kier molecular flexibility index (Phi) is 12.7. The number of rotatable bonds is 15. The van der Waals surface area contributed by atoms with E-state index in [1.165, 1.54) is 0 Å². The number of aliphatic hydroxyl groups is 1. The lowest BCUT2D eigenvalue weighted by atomic mass is 9.80. The smallest absolute Gasteiger partial charge is 0.161 e. The molecular formula is C45H48N3O6-. The minimum absolute atomic E-state index is 0.0124. The molecule has 0 fully saturated rings. The summed E-state index contributed by atoms with van der Waals surface area (Å²) in [5.41, 5.74) is 13.3. The van der Waals surface area contributed by atoms with Gasteiger partial charge in [-0.05, 0) is 127 Å². The van der Waals surface area contributed by atoms with Gasteiger partial charge in [0, 0.05) is 36.1 Å². The number of phenolic OH excluding ortho intramolecular Hbond substituents is 2. The summed E-state index contributed by atoms with van der Waals surface area (Å²) in [6.45, 7) is 2.05. The van der Waals surface area contributed by atoms with Gasteiger partial charge < -0.3 is 36.2 Å². The first-order valence-electron chi connectivity index (χ1n) is 18.8. The van der Waals surface area contributed by atoms with Crippen molar-refractivity contribution in [3.63, 3.8) is 0 Å². The van der Waals surface area contributed by atoms with E-state index in [4.69, 9.17) is 10.5 Å². The van der Waals surface area contributed by atoms with Gasteiger partial charge in [0.15, 0.2) is 17.3 Å². The van der Waals surface area contributed by atoms with Crippen molar-refractivity contribution < 1.29 is 30.0 Å². The summed E-state index contributed by atoms with van der Waals surface area (Å²) in [6, 6.07) is 14.5. The van der Waals surface area contributed by atoms with Gasteiger partial charge in [-0.2, -0.15) is 0 Å². The lowest BCUT2D eigenvalue weighted by molar-refractivity contribution is -0.307. The highest BCUT2D eigenvalue weighted by Crippen LogP contribution is 2.40. The Balaban J connectivity index is 1.15. The third-order valence-electron chi connectivity index (χ3n) is 10.1. The second kappa shape index (κ2) is 18.0. The fourth-order valence-corrected chi connectivity index (χ4v) is 7.05. The van der Waals surface area contributed by atoms with Gasteiger partial charge in [-0.3, -0.25) is 9.79 Å². The number of hydrogen-bond acceptors (Lipinski definition) is 9. The maximum atomic E-state index is 13.8. The quantitative estimate of drug-likeness (QED) is 0.0674. The average molecular weight is 727 g/mol. The molecule has 6 N–H and O–H groups in total. The molecule has 0 unspecified atom stereocenters. The SMILES string of the molecule is C[C@H](O)CCCCC/C=C/C(=O)CCc1ccc(O)c(OCCc2ccc(O)c([C@@H]3CC([O-])=C4C=CN=C4CC#Cc4cc5c(cc43)C=CN[C@H]5N)c2)c1. The van der Waals surface area contributed by atoms with E-state index in [1.54, 1.807) is 49.5 Å². The van der Waals surface area contributed by atoms with Crippen LogP contribution in [0.2, 0.25) is 0 Å². The molecule has 2 heterocycles. The van der Waals surface area contributed by atoms with Gasteiger partial charge in [0.2, 0.25) is 0 Å². The van der Waals surface area contributed by atoms with Crippen molar-refractivity contribution in [2.45, 2.75) is 89.3 Å². The van der Waals surface area contributed by atoms with Crippen molar-refractivity contribution in [1.82, 2.24) is 5.32 Å². The van der Waals surface area contributed by atoms with E-state index in [1.807, 2.05) is 42.6 Å². The summed E-state index contributed by atoms with van der Waals surface area (Å²) >= 11 is 0. The number of nitrogens with one attached hydrogen (secondary N) is 1. The number of unbranched alkanes of at least 4 members (excludes halogenated alkanes) is 3. The number of benzene rings is 3. The van der Waals surface area contributed by atoms with E-state index in [2.05, 4.69) is 22.2 Å². The Labute approximate surface area is 317 Å². The van der Waals surface area contributed by atoms with Gasteiger partial charge in [0.25, 0.3) is 0 Å². The molecule has 9 nitrogen and oxygen atoms in total. The molecule has 3 aliphatic rings. The molecule has 0 amide bonds. The third-order valence-corrected chi connectivity index (χ3v) is 10.1. The highest BCUT2D eigenvalue weighted by Gasteiger charge is 2.26. The molecule has 0 saturated heterocycles. The molecule has 0 aromatic heterocycles. The fourth-order valence-electron chi connectivity index (χ4n) is 7.05. The highest BCUT2D eigenvalue weighted by molar-refractivity contribution is 6.06. The Morgan fingerprint density at radius 1 is 1.04 bits per heavy atom. The van der Waals surface area contributed by atoms with Crippen LogP contribution in [-0.4, -0.2) is 39.5 Å². The number of fused-ring (bicyclic) bond motifs is 3. The number of hydrogen-bond donors (Lipinski definition) is 5. The molecule has 280 valence electrons. The number of carbonyl (C=O) groups excluding carboxylic acids is 1. The van der Waals surface area contributed by atoms with E-state index >= 15 is 0 Å². The summed E-state index contributed by atoms with van der Waals surface area (Å²) in [6.07, 6.45) is 16.5. The third kappa shape index (κ3) is 9.70. The summed E-state index contributed by atoms with van der Waals surface area (Å²) < 4.78 is 6.04. The first-order valence-corrected chi connectivity index (χ1v) is 18.8. The van der Waals surface area contributed by atoms with E-state index in [0.29, 0.717) is 48.3 Å². The second-order valence-corrected chi connectivity index (χ2v) is 14.2. The van der Waals surface area contributed by atoms with Crippen LogP contribution in [0.1, 0.15) is 109 Å². The van der Waals surface area contributed by atoms with Crippen LogP contribution in [0.4, 0.5) is 0 Å². The zero-order valence-corrected chi connectivity index (χ0v) is 30.7. The Morgan fingerprint density at radius 2 is 1.85 bits per heavy atom. The zero-order chi connectivity index (χ0) is 38.0. The van der Waals surface area contributed by atoms with Crippen LogP contribution in [0, 0.1) is 11.8 Å². The maximum absolute atomic E-state index is 13.8. The largest absolute Gasteiger partial charge is 0.875 e. The molecule has 1 aliphatic carbocycles. The molecule has 0 spiro atoms. The molecule has 54 heavy (non-hydrogen) atoms. The van der Waals surface area contributed by atoms with Crippen LogP contribution in [0.3, 0.4) is 0 Å². The number of nitrogens with two attached hydrogens (primary N) is 1. The monoisotopic (exact) mass is 726 g/mol. The summed E-state index contributed by atoms with van der Waals surface area (Å²) in [5.74, 6) is 6.41. The number of ketones is 1. The molecule has 6 rings (SSSR count). The second-order valence-electron chi connectivity index (χ2n) is 14.2. The number of nitrogens with zero attached hydrogens (tertiary/aromatic N) is 1. The Bertz CT molecular complexity index is 2080. The van der Waals surface area contributed by atoms with Crippen LogP contribution in [0.5, 0.6) is 17.2 Å². The highest BCUT2D eigenvalue weighted by atomic mass is 16.5. The van der Waals surface area contributed by atoms with Crippen molar-refractivity contribution in [3.8, 4) is 29.1 Å². The normalized spacial score (nSPS) is 17.9. The molecule has 0 bridgehead atoms. The maximum Gasteiger partial charge on any atom is 0.161 e. The van der Waals surface area contributed by atoms with Gasteiger partial charge in [-0.15, -0.1) is 5.76 Å². The number of aliphatic hydroxyl groups excluding tert-OH is 1. The standard InChI is InChI=1S/C45H49N3O6/c1-29(49)8-5-3-2-4-6-10-34(50)15-12-30-14-17-42(52)44(25-30)54-23-20-31-13-16-41(51)39(24-31)38-28-43(53)35-19-22-47-40(35)11-7-9-32-27-37-33(26-36(32)38)18-21-48-45(37)46/h6,10,13-14,16-19,21-22,24-27,29,38,45,48-49,51-53H,2-5,8,11-12,15,20,23,28,46H2,1H3/p-1/b10-6+,43-35?/t29-,38+,45+/m0/s1. The van der Waals surface area contributed by atoms with Crippen LogP contribution in [0.25, 0.3) is 6.08 Å². The summed E-state index contributed by atoms with van der Waals surface area (Å²) in [5, 5.41) is 48.1. The minimum atomic E-state index is -0.507. The Hall–Kier alpha value is -5.56. The molecule has 9 heteroatoms. The number of aromatic hydroxyl groups is 2. The van der Waals surface area contributed by atoms with Crippen molar-refractivity contribution in [1.29, 1.82) is 0 Å². The van der Waals surface area contributed by atoms with Crippen molar-refractivity contribution in [2.24, 2.45) is 10.7 Å². The van der Waals surface area contributed by atoms with Crippen LogP contribution < -0.4 is 20.9 Å². The lowest BCUT2D eigenvalue weighted by Gasteiger charge is -2.29. The molecular weight excluding hydrogens is 679 g/mol. The van der Waals surface area contributed by atoms with Crippen LogP contribution in [-0.2, 0) is 17.6 Å². The molecule has 3 aromatic carbocycles. The first kappa shape index (κ1) is 38.2. The fraction of sp³-hybridized carbons (Fsp3) is 0.333. The van der Waals surface area contributed by atoms with Crippen molar-refractivity contribution >= 4 is 17.6 Å². The predicted octanol–water partition coefficient (Wildman–Crippen LogP) is 6.50. The predicted molar refractivity (Wildman–Crippen MR) is 210 cm³/mol. The van der Waals surface area contributed by atoms with Crippen LogP contribution >= 0.6 is 0 Å². The molecule has 2 aliphatic heterocycles. The topological polar surface area (TPSA) is 160 Å². The number of allylic oxidation sites excluding steroid dienone is 5. The van der Waals surface area contributed by atoms with E-state index in [9.17, 15) is 25.2 Å². The van der Waals surface area contributed by atoms with Gasteiger partial charge in [-0.25, -0.2) is 0 Å². The van der Waals surface area contributed by atoms with Gasteiger partial charge in [0.05, 0.1) is 24.8 Å². The number of ether oxygens (including phenoxy) is 1. The Morgan fingerprint density at radius 3 is 2.69 bits per heavy atom. The van der Waals surface area contributed by atoms with Crippen molar-refractivity contribution in [3.05, 3.63) is 129 Å². The van der Waals surface area contributed by atoms with Crippen LogP contribution in [0.15, 0.2) is 95.5 Å². The van der Waals surface area contributed by atoms with Gasteiger partial charge in [-0.1, -0.05) is 49.0 Å². The first-order chi connectivity index (χ1) is 26.2. The number of aryl methyl sites for hydroxylation is 1. The molecule has 0 saturated carbocycles.